The first-order valence-electron chi connectivity index (χ1n) is 16.2. The fourth-order valence-electron chi connectivity index (χ4n) is 9.72. The Kier molecular flexibility index (Phi) is 8.40. The number of hydrogen-bond donors (Lipinski definition) is 1. The molecule has 4 heteroatoms. The lowest BCUT2D eigenvalue weighted by molar-refractivity contribution is -0.131. The van der Waals surface area contributed by atoms with Crippen LogP contribution in [0.1, 0.15) is 136 Å². The van der Waals surface area contributed by atoms with E-state index in [1.165, 1.54) is 89.0 Å². The van der Waals surface area contributed by atoms with Gasteiger partial charge in [0.1, 0.15) is 0 Å². The van der Waals surface area contributed by atoms with E-state index in [0.717, 1.165) is 32.3 Å². The van der Waals surface area contributed by atoms with Crippen molar-refractivity contribution >= 4 is 5.91 Å². The van der Waals surface area contributed by atoms with E-state index >= 15 is 0 Å². The van der Waals surface area contributed by atoms with Crippen LogP contribution in [0, 0.1) is 22.7 Å². The zero-order valence-corrected chi connectivity index (χ0v) is 25.0. The molecule has 214 valence electrons. The van der Waals surface area contributed by atoms with Gasteiger partial charge in [0.25, 0.3) is 0 Å². The molecule has 5 aliphatic rings. The summed E-state index contributed by atoms with van der Waals surface area (Å²) in [5.74, 6) is 1.64. The van der Waals surface area contributed by atoms with Crippen molar-refractivity contribution in [1.82, 2.24) is 4.90 Å². The first-order chi connectivity index (χ1) is 18.2. The average Bonchev–Trinajstić information content (AvgIpc) is 3.28. The van der Waals surface area contributed by atoms with E-state index in [2.05, 4.69) is 27.0 Å². The van der Waals surface area contributed by atoms with E-state index in [1.807, 2.05) is 17.5 Å². The zero-order valence-electron chi connectivity index (χ0n) is 25.0. The predicted molar refractivity (Wildman–Crippen MR) is 155 cm³/mol. The maximum Gasteiger partial charge on any atom is 0.222 e. The quantitative estimate of drug-likeness (QED) is 0.262. The van der Waals surface area contributed by atoms with Gasteiger partial charge >= 0.3 is 0 Å². The topological polar surface area (TPSA) is 49.8 Å². The molecular weight excluding hydrogens is 470 g/mol. The molecule has 4 nitrogen and oxygen atoms in total. The molecule has 5 rings (SSSR count). The number of amides is 1. The number of nitrogens with zero attached hydrogens (tertiary/aromatic N) is 1. The van der Waals surface area contributed by atoms with Gasteiger partial charge in [0, 0.05) is 31.3 Å². The zero-order chi connectivity index (χ0) is 27.0. The molecule has 0 aromatic carbocycles. The van der Waals surface area contributed by atoms with Crippen molar-refractivity contribution in [3.8, 4) is 0 Å². The largest absolute Gasteiger partial charge is 0.501 e. The first-order valence-corrected chi connectivity index (χ1v) is 16.2. The number of ether oxygens (including phenoxy) is 1. The van der Waals surface area contributed by atoms with E-state index in [9.17, 15) is 9.90 Å². The minimum atomic E-state index is -0.415. The summed E-state index contributed by atoms with van der Waals surface area (Å²) in [6, 6.07) is 0.300. The molecule has 1 N–H and O–H groups in total. The van der Waals surface area contributed by atoms with E-state index in [4.69, 9.17) is 4.74 Å². The SMILES string of the molecule is CC(C)N(C)C(=O)CCCCCCCCCC[C@H]1C[C@]2(C)C3(O)CCC2(CC3)C2CCC3=COCCC3=C21. The van der Waals surface area contributed by atoms with Crippen molar-refractivity contribution in [2.45, 2.75) is 148 Å². The van der Waals surface area contributed by atoms with Gasteiger partial charge in [-0.1, -0.05) is 57.4 Å². The molecule has 0 aromatic rings. The van der Waals surface area contributed by atoms with Crippen molar-refractivity contribution in [3.63, 3.8) is 0 Å². The lowest BCUT2D eigenvalue weighted by Crippen LogP contribution is -2.53. The molecule has 1 heterocycles. The van der Waals surface area contributed by atoms with Gasteiger partial charge in [-0.25, -0.2) is 0 Å². The lowest BCUT2D eigenvalue weighted by atomic mass is 9.47. The van der Waals surface area contributed by atoms with Crippen LogP contribution in [-0.4, -0.2) is 41.2 Å². The summed E-state index contributed by atoms with van der Waals surface area (Å²) in [7, 11) is 1.92. The van der Waals surface area contributed by atoms with Crippen molar-refractivity contribution in [1.29, 1.82) is 0 Å². The van der Waals surface area contributed by atoms with Gasteiger partial charge in [-0.3, -0.25) is 4.79 Å². The number of allylic oxidation sites excluding steroid dienone is 2. The maximum atomic E-state index is 12.1. The summed E-state index contributed by atoms with van der Waals surface area (Å²) < 4.78 is 5.77. The summed E-state index contributed by atoms with van der Waals surface area (Å²) in [5.41, 5.74) is 5.04. The van der Waals surface area contributed by atoms with Crippen LogP contribution in [0.15, 0.2) is 23.0 Å². The molecular formula is C34H55NO3. The maximum absolute atomic E-state index is 12.1. The Bertz CT molecular complexity index is 924. The van der Waals surface area contributed by atoms with E-state index < -0.39 is 5.60 Å². The Labute approximate surface area is 232 Å². The van der Waals surface area contributed by atoms with Crippen LogP contribution in [0.25, 0.3) is 0 Å². The molecule has 1 amide bonds. The number of unbranched alkanes of at least 4 members (excludes halogenated alkanes) is 7. The highest BCUT2D eigenvalue weighted by molar-refractivity contribution is 5.76. The Hall–Kier alpha value is -1.29. The van der Waals surface area contributed by atoms with Crippen molar-refractivity contribution < 1.29 is 14.6 Å². The Morgan fingerprint density at radius 2 is 1.68 bits per heavy atom. The van der Waals surface area contributed by atoms with Crippen LogP contribution in [-0.2, 0) is 9.53 Å². The minimum Gasteiger partial charge on any atom is -0.501 e. The molecule has 1 unspecified atom stereocenters. The molecule has 4 aliphatic carbocycles. The molecule has 38 heavy (non-hydrogen) atoms. The minimum absolute atomic E-state index is 0.108. The Morgan fingerprint density at radius 1 is 1.03 bits per heavy atom. The molecule has 3 atom stereocenters. The second kappa shape index (κ2) is 11.3. The summed E-state index contributed by atoms with van der Waals surface area (Å²) in [6.45, 7) is 7.49. The number of carbonyl (C=O) groups is 1. The van der Waals surface area contributed by atoms with E-state index in [-0.39, 0.29) is 5.41 Å². The van der Waals surface area contributed by atoms with Crippen LogP contribution < -0.4 is 0 Å². The van der Waals surface area contributed by atoms with Crippen molar-refractivity contribution in [2.24, 2.45) is 22.7 Å². The smallest absolute Gasteiger partial charge is 0.222 e. The van der Waals surface area contributed by atoms with Crippen LogP contribution in [0.4, 0.5) is 0 Å². The Morgan fingerprint density at radius 3 is 2.37 bits per heavy atom. The summed E-state index contributed by atoms with van der Waals surface area (Å²) in [6.07, 6.45) is 23.5. The molecule has 3 fully saturated rings. The summed E-state index contributed by atoms with van der Waals surface area (Å²) >= 11 is 0. The van der Waals surface area contributed by atoms with Crippen LogP contribution in [0.5, 0.6) is 0 Å². The summed E-state index contributed by atoms with van der Waals surface area (Å²) in [4.78, 5) is 14.0. The fraction of sp³-hybridized carbons (Fsp3) is 0.853. The third kappa shape index (κ3) is 4.79. The van der Waals surface area contributed by atoms with Crippen LogP contribution in [0.3, 0.4) is 0 Å². The number of aliphatic hydroxyl groups is 1. The fourth-order valence-corrected chi connectivity index (χ4v) is 9.72. The molecule has 1 aliphatic heterocycles. The van der Waals surface area contributed by atoms with E-state index in [1.54, 1.807) is 5.57 Å². The van der Waals surface area contributed by atoms with Gasteiger partial charge in [0.2, 0.25) is 5.91 Å². The van der Waals surface area contributed by atoms with E-state index in [0.29, 0.717) is 35.6 Å². The summed E-state index contributed by atoms with van der Waals surface area (Å²) in [5, 5.41) is 11.8. The highest BCUT2D eigenvalue weighted by Crippen LogP contribution is 2.78. The molecule has 0 radical (unpaired) electrons. The molecule has 2 bridgehead atoms. The third-order valence-corrected chi connectivity index (χ3v) is 12.2. The number of fused-ring (bicyclic) bond motifs is 2. The van der Waals surface area contributed by atoms with Gasteiger partial charge in [0.15, 0.2) is 0 Å². The van der Waals surface area contributed by atoms with Crippen LogP contribution >= 0.6 is 0 Å². The van der Waals surface area contributed by atoms with Gasteiger partial charge in [-0.15, -0.1) is 0 Å². The molecule has 0 saturated heterocycles. The normalized spacial score (nSPS) is 35.5. The molecule has 0 spiro atoms. The number of rotatable bonds is 12. The molecule has 0 aromatic heterocycles. The second-order valence-electron chi connectivity index (χ2n) is 14.2. The monoisotopic (exact) mass is 525 g/mol. The van der Waals surface area contributed by atoms with Gasteiger partial charge in [-0.2, -0.15) is 0 Å². The van der Waals surface area contributed by atoms with Crippen molar-refractivity contribution in [3.05, 3.63) is 23.0 Å². The molecule has 3 saturated carbocycles. The van der Waals surface area contributed by atoms with Crippen molar-refractivity contribution in [2.75, 3.05) is 13.7 Å². The number of hydrogen-bond acceptors (Lipinski definition) is 3. The third-order valence-electron chi connectivity index (χ3n) is 12.2. The highest BCUT2D eigenvalue weighted by atomic mass is 16.5. The predicted octanol–water partition coefficient (Wildman–Crippen LogP) is 8.10. The standard InChI is InChI=1S/C34H55NO3/c1-25(2)35(4)30(36)14-12-10-8-6-5-7-9-11-13-26-23-32(3)33(18-20-34(32,37)21-19-33)29-16-15-27-24-38-22-17-28(27)31(26)29/h24-26,29,37H,5-23H2,1-4H3/t26-,29?,32-,33?,34?/m0/s1. The number of carbonyl (C=O) groups excluding carboxylic acids is 1. The Balaban J connectivity index is 1.11. The van der Waals surface area contributed by atoms with Gasteiger partial charge in [0.05, 0.1) is 18.5 Å². The van der Waals surface area contributed by atoms with Gasteiger partial charge < -0.3 is 14.7 Å². The second-order valence-corrected chi connectivity index (χ2v) is 14.2. The average molecular weight is 526 g/mol. The van der Waals surface area contributed by atoms with Gasteiger partial charge in [-0.05, 0) is 100 Å². The first kappa shape index (κ1) is 28.2. The highest BCUT2D eigenvalue weighted by Gasteiger charge is 2.73. The van der Waals surface area contributed by atoms with Crippen LogP contribution in [0.2, 0.25) is 0 Å². The lowest BCUT2D eigenvalue weighted by Gasteiger charge is -2.58.